The lowest BCUT2D eigenvalue weighted by Crippen LogP contribution is -2.13. The smallest absolute Gasteiger partial charge is 0.313 e. The third-order valence-electron chi connectivity index (χ3n) is 2.83. The lowest BCUT2D eigenvalue weighted by Gasteiger charge is -2.11. The van der Waals surface area contributed by atoms with E-state index >= 15 is 0 Å². The highest BCUT2D eigenvalue weighted by atomic mass is 16.5. The molecule has 1 aromatic heterocycles. The first kappa shape index (κ1) is 13.8. The van der Waals surface area contributed by atoms with Gasteiger partial charge in [-0.2, -0.15) is 0 Å². The van der Waals surface area contributed by atoms with Gasteiger partial charge in [0.1, 0.15) is 5.75 Å². The molecule has 0 radical (unpaired) electrons. The highest BCUT2D eigenvalue weighted by Crippen LogP contribution is 2.29. The highest BCUT2D eigenvalue weighted by molar-refractivity contribution is 6.01. The standard InChI is InChI=1S/C16H13N3O3/c1-11-18-19-16(21-11)15(20)17-13-9-5-6-10-14(13)22-12-7-3-2-4-8-12/h2-10H,1H3,(H,17,20). The lowest BCUT2D eigenvalue weighted by atomic mass is 10.3. The Kier molecular flexibility index (Phi) is 3.82. The van der Waals surface area contributed by atoms with Gasteiger partial charge in [0.15, 0.2) is 5.75 Å². The number of aryl methyl sites for hydroxylation is 1. The van der Waals surface area contributed by atoms with Gasteiger partial charge in [-0.15, -0.1) is 10.2 Å². The Morgan fingerprint density at radius 1 is 1.05 bits per heavy atom. The summed E-state index contributed by atoms with van der Waals surface area (Å²) in [7, 11) is 0. The number of rotatable bonds is 4. The zero-order valence-corrected chi connectivity index (χ0v) is 11.8. The molecule has 1 heterocycles. The Morgan fingerprint density at radius 3 is 2.50 bits per heavy atom. The molecule has 0 aliphatic rings. The van der Waals surface area contributed by atoms with Crippen LogP contribution < -0.4 is 10.1 Å². The third kappa shape index (κ3) is 3.12. The SMILES string of the molecule is Cc1nnc(C(=O)Nc2ccccc2Oc2ccccc2)o1. The Balaban J connectivity index is 1.81. The Bertz CT molecular complexity index is 784. The number of amides is 1. The second-order valence-corrected chi connectivity index (χ2v) is 4.49. The molecule has 1 N–H and O–H groups in total. The number of benzene rings is 2. The summed E-state index contributed by atoms with van der Waals surface area (Å²) < 4.78 is 10.9. The molecule has 0 bridgehead atoms. The average Bonchev–Trinajstić information content (AvgIpc) is 2.97. The van der Waals surface area contributed by atoms with Crippen LogP contribution >= 0.6 is 0 Å². The number of hydrogen-bond donors (Lipinski definition) is 1. The van der Waals surface area contributed by atoms with E-state index in [4.69, 9.17) is 9.15 Å². The first-order valence-corrected chi connectivity index (χ1v) is 6.66. The number of carbonyl (C=O) groups excluding carboxylic acids is 1. The topological polar surface area (TPSA) is 77.2 Å². The molecular formula is C16H13N3O3. The lowest BCUT2D eigenvalue weighted by molar-refractivity contribution is 0.0988. The van der Waals surface area contributed by atoms with E-state index in [-0.39, 0.29) is 5.89 Å². The molecular weight excluding hydrogens is 282 g/mol. The van der Waals surface area contributed by atoms with Gasteiger partial charge in [0, 0.05) is 6.92 Å². The number of nitrogens with zero attached hydrogens (tertiary/aromatic N) is 2. The number of nitrogens with one attached hydrogen (secondary N) is 1. The minimum Gasteiger partial charge on any atom is -0.455 e. The van der Waals surface area contributed by atoms with Gasteiger partial charge in [-0.05, 0) is 24.3 Å². The van der Waals surface area contributed by atoms with Crippen LogP contribution in [0, 0.1) is 6.92 Å². The summed E-state index contributed by atoms with van der Waals surface area (Å²) >= 11 is 0. The molecule has 110 valence electrons. The van der Waals surface area contributed by atoms with E-state index in [0.717, 1.165) is 0 Å². The van der Waals surface area contributed by atoms with E-state index < -0.39 is 5.91 Å². The van der Waals surface area contributed by atoms with Crippen LogP contribution in [0.5, 0.6) is 11.5 Å². The Hall–Kier alpha value is -3.15. The van der Waals surface area contributed by atoms with Crippen LogP contribution in [0.1, 0.15) is 16.6 Å². The van der Waals surface area contributed by atoms with E-state index in [9.17, 15) is 4.79 Å². The second-order valence-electron chi connectivity index (χ2n) is 4.49. The summed E-state index contributed by atoms with van der Waals surface area (Å²) in [5.41, 5.74) is 0.521. The van der Waals surface area contributed by atoms with E-state index in [0.29, 0.717) is 23.1 Å². The first-order chi connectivity index (χ1) is 10.7. The van der Waals surface area contributed by atoms with E-state index in [1.807, 2.05) is 36.4 Å². The second kappa shape index (κ2) is 6.09. The van der Waals surface area contributed by atoms with Gasteiger partial charge in [-0.25, -0.2) is 0 Å². The van der Waals surface area contributed by atoms with Crippen molar-refractivity contribution in [1.82, 2.24) is 10.2 Å². The van der Waals surface area contributed by atoms with Crippen molar-refractivity contribution < 1.29 is 13.9 Å². The molecule has 22 heavy (non-hydrogen) atoms. The van der Waals surface area contributed by atoms with Crippen molar-refractivity contribution in [3.8, 4) is 11.5 Å². The number of carbonyl (C=O) groups is 1. The molecule has 1 amide bonds. The Morgan fingerprint density at radius 2 is 1.77 bits per heavy atom. The molecule has 3 rings (SSSR count). The number of anilines is 1. The van der Waals surface area contributed by atoms with Gasteiger partial charge in [0.05, 0.1) is 5.69 Å². The van der Waals surface area contributed by atoms with Crippen molar-refractivity contribution in [3.63, 3.8) is 0 Å². The zero-order chi connectivity index (χ0) is 15.4. The van der Waals surface area contributed by atoms with Crippen molar-refractivity contribution >= 4 is 11.6 Å². The van der Waals surface area contributed by atoms with Gasteiger partial charge in [-0.1, -0.05) is 30.3 Å². The molecule has 0 unspecified atom stereocenters. The van der Waals surface area contributed by atoms with Crippen molar-refractivity contribution in [1.29, 1.82) is 0 Å². The summed E-state index contributed by atoms with van der Waals surface area (Å²) in [6, 6.07) is 16.4. The molecule has 0 aliphatic carbocycles. The van der Waals surface area contributed by atoms with Crippen LogP contribution in [0.3, 0.4) is 0 Å². The van der Waals surface area contributed by atoms with Gasteiger partial charge < -0.3 is 14.5 Å². The fourth-order valence-electron chi connectivity index (χ4n) is 1.84. The fourth-order valence-corrected chi connectivity index (χ4v) is 1.84. The van der Waals surface area contributed by atoms with Crippen molar-refractivity contribution in [2.45, 2.75) is 6.92 Å². The quantitative estimate of drug-likeness (QED) is 0.798. The fraction of sp³-hybridized carbons (Fsp3) is 0.0625. The molecule has 0 aliphatic heterocycles. The monoisotopic (exact) mass is 295 g/mol. The summed E-state index contributed by atoms with van der Waals surface area (Å²) in [4.78, 5) is 12.1. The maximum absolute atomic E-state index is 12.1. The number of aromatic nitrogens is 2. The normalized spacial score (nSPS) is 10.2. The summed E-state index contributed by atoms with van der Waals surface area (Å²) in [6.45, 7) is 1.62. The van der Waals surface area contributed by atoms with Crippen LogP contribution in [0.4, 0.5) is 5.69 Å². The van der Waals surface area contributed by atoms with Gasteiger partial charge in [0.2, 0.25) is 5.89 Å². The van der Waals surface area contributed by atoms with Gasteiger partial charge in [-0.3, -0.25) is 4.79 Å². The molecule has 0 atom stereocenters. The predicted octanol–water partition coefficient (Wildman–Crippen LogP) is 3.42. The number of ether oxygens (including phenoxy) is 1. The third-order valence-corrected chi connectivity index (χ3v) is 2.83. The molecule has 6 heteroatoms. The van der Waals surface area contributed by atoms with Crippen molar-refractivity contribution in [3.05, 3.63) is 66.4 Å². The molecule has 0 fully saturated rings. The maximum Gasteiger partial charge on any atom is 0.313 e. The number of para-hydroxylation sites is 3. The van der Waals surface area contributed by atoms with Crippen LogP contribution in [-0.4, -0.2) is 16.1 Å². The maximum atomic E-state index is 12.1. The minimum absolute atomic E-state index is 0.0907. The largest absolute Gasteiger partial charge is 0.455 e. The van der Waals surface area contributed by atoms with Crippen molar-refractivity contribution in [2.24, 2.45) is 0 Å². The van der Waals surface area contributed by atoms with E-state index in [2.05, 4.69) is 15.5 Å². The molecule has 2 aromatic carbocycles. The molecule has 0 saturated heterocycles. The van der Waals surface area contributed by atoms with Crippen LogP contribution in [0.2, 0.25) is 0 Å². The Labute approximate surface area is 126 Å². The van der Waals surface area contributed by atoms with Crippen LogP contribution in [0.15, 0.2) is 59.0 Å². The van der Waals surface area contributed by atoms with Crippen LogP contribution in [0.25, 0.3) is 0 Å². The minimum atomic E-state index is -0.482. The summed E-state index contributed by atoms with van der Waals surface area (Å²) in [6.07, 6.45) is 0. The predicted molar refractivity (Wildman–Crippen MR) is 79.9 cm³/mol. The molecule has 3 aromatic rings. The van der Waals surface area contributed by atoms with Crippen LogP contribution in [-0.2, 0) is 0 Å². The van der Waals surface area contributed by atoms with E-state index in [1.54, 1.807) is 25.1 Å². The number of hydrogen-bond acceptors (Lipinski definition) is 5. The molecule has 0 saturated carbocycles. The average molecular weight is 295 g/mol. The van der Waals surface area contributed by atoms with Gasteiger partial charge in [0.25, 0.3) is 0 Å². The van der Waals surface area contributed by atoms with Gasteiger partial charge >= 0.3 is 11.8 Å². The molecule has 6 nitrogen and oxygen atoms in total. The zero-order valence-electron chi connectivity index (χ0n) is 11.8. The summed E-state index contributed by atoms with van der Waals surface area (Å²) in [5.74, 6) is 0.965. The van der Waals surface area contributed by atoms with E-state index in [1.165, 1.54) is 0 Å². The highest BCUT2D eigenvalue weighted by Gasteiger charge is 2.15. The van der Waals surface area contributed by atoms with Crippen molar-refractivity contribution in [2.75, 3.05) is 5.32 Å². The first-order valence-electron chi connectivity index (χ1n) is 6.66. The summed E-state index contributed by atoms with van der Waals surface area (Å²) in [5, 5.41) is 10.0. The molecule has 0 spiro atoms.